The van der Waals surface area contributed by atoms with Crippen molar-refractivity contribution in [3.8, 4) is 0 Å². The molecule has 0 bridgehead atoms. The van der Waals surface area contributed by atoms with E-state index in [2.05, 4.69) is 10.3 Å². The second-order valence-corrected chi connectivity index (χ2v) is 8.19. The Kier molecular flexibility index (Phi) is 5.43. The highest BCUT2D eigenvalue weighted by atomic mass is 32.1. The maximum absolute atomic E-state index is 12.4. The fraction of sp³-hybridized carbons (Fsp3) is 0.450. The third-order valence-corrected chi connectivity index (χ3v) is 6.18. The minimum absolute atomic E-state index is 0.0286. The van der Waals surface area contributed by atoms with Crippen LogP contribution in [0, 0.1) is 12.8 Å². The average molecular weight is 401 g/mol. The van der Waals surface area contributed by atoms with Gasteiger partial charge in [-0.25, -0.2) is 4.98 Å². The Labute approximate surface area is 167 Å². The number of aryl methyl sites for hydroxylation is 1. The molecule has 148 valence electrons. The topological polar surface area (TPSA) is 91.8 Å². The molecule has 1 saturated heterocycles. The average Bonchev–Trinajstić information content (AvgIpc) is 3.47. The van der Waals surface area contributed by atoms with E-state index in [-0.39, 0.29) is 30.9 Å². The number of amides is 2. The van der Waals surface area contributed by atoms with Crippen LogP contribution < -0.4 is 5.32 Å². The fourth-order valence-corrected chi connectivity index (χ4v) is 4.18. The molecular weight excluding hydrogens is 378 g/mol. The van der Waals surface area contributed by atoms with Gasteiger partial charge in [0.2, 0.25) is 11.8 Å². The molecule has 2 N–H and O–H groups in total. The third-order valence-electron chi connectivity index (χ3n) is 5.26. The molecule has 2 amide bonds. The number of carbonyl (C=O) groups excluding carboxylic acids is 2. The summed E-state index contributed by atoms with van der Waals surface area (Å²) in [5.41, 5.74) is 4.26. The molecule has 2 atom stereocenters. The number of ether oxygens (including phenoxy) is 1. The minimum atomic E-state index is -0.477. The fourth-order valence-electron chi connectivity index (χ4n) is 3.40. The number of rotatable bonds is 6. The Morgan fingerprint density at radius 2 is 2.11 bits per heavy atom. The Morgan fingerprint density at radius 1 is 1.36 bits per heavy atom. The number of anilines is 1. The first-order valence-electron chi connectivity index (χ1n) is 9.38. The molecule has 2 heterocycles. The molecule has 4 rings (SSSR count). The Morgan fingerprint density at radius 3 is 2.71 bits per heavy atom. The number of aromatic nitrogens is 1. The van der Waals surface area contributed by atoms with E-state index in [1.54, 1.807) is 10.4 Å². The van der Waals surface area contributed by atoms with Crippen LogP contribution in [0.1, 0.15) is 35.1 Å². The van der Waals surface area contributed by atoms with Crippen LogP contribution in [-0.4, -0.2) is 46.1 Å². The van der Waals surface area contributed by atoms with E-state index in [1.165, 1.54) is 11.3 Å². The summed E-state index contributed by atoms with van der Waals surface area (Å²) in [5, 5.41) is 12.9. The molecule has 0 radical (unpaired) electrons. The first kappa shape index (κ1) is 19.0. The number of morpholine rings is 1. The highest BCUT2D eigenvalue weighted by molar-refractivity contribution is 7.09. The molecule has 2 fully saturated rings. The minimum Gasteiger partial charge on any atom is -0.394 e. The largest absolute Gasteiger partial charge is 0.394 e. The number of nitrogens with zero attached hydrogens (tertiary/aromatic N) is 2. The standard InChI is InChI=1S/C20H23N3O4S/c1-12-17(28-11-21-12)8-23-16(9-24)19(27-10-18(23)25)13-4-6-15(7-5-13)22-20(26)14-2-3-14/h4-7,11,14,16,19,24H,2-3,8-10H2,1H3,(H,22,26)/t16-,19-/m1/s1. The van der Waals surface area contributed by atoms with Crippen LogP contribution in [0.4, 0.5) is 5.69 Å². The summed E-state index contributed by atoms with van der Waals surface area (Å²) in [7, 11) is 0. The van der Waals surface area contributed by atoms with Crippen molar-refractivity contribution in [3.63, 3.8) is 0 Å². The molecule has 8 heteroatoms. The van der Waals surface area contributed by atoms with Crippen LogP contribution in [0.5, 0.6) is 0 Å². The maximum atomic E-state index is 12.4. The summed E-state index contributed by atoms with van der Waals surface area (Å²) in [5.74, 6) is 0.0675. The molecule has 7 nitrogen and oxygen atoms in total. The van der Waals surface area contributed by atoms with Gasteiger partial charge in [0.1, 0.15) is 12.7 Å². The van der Waals surface area contributed by atoms with Crippen LogP contribution in [-0.2, 0) is 20.9 Å². The van der Waals surface area contributed by atoms with E-state index in [9.17, 15) is 14.7 Å². The third kappa shape index (κ3) is 3.94. The first-order valence-corrected chi connectivity index (χ1v) is 10.3. The van der Waals surface area contributed by atoms with Gasteiger partial charge in [-0.2, -0.15) is 0 Å². The summed E-state index contributed by atoms with van der Waals surface area (Å²) in [6.07, 6.45) is 1.49. The van der Waals surface area contributed by atoms with E-state index in [1.807, 2.05) is 31.2 Å². The lowest BCUT2D eigenvalue weighted by atomic mass is 9.99. The van der Waals surface area contributed by atoms with Crippen LogP contribution in [0.15, 0.2) is 29.8 Å². The summed E-state index contributed by atoms with van der Waals surface area (Å²) in [6, 6.07) is 6.95. The number of nitrogens with one attached hydrogen (secondary N) is 1. The lowest BCUT2D eigenvalue weighted by Crippen LogP contribution is -2.52. The van der Waals surface area contributed by atoms with E-state index < -0.39 is 12.1 Å². The van der Waals surface area contributed by atoms with Gasteiger partial charge in [0.25, 0.3) is 0 Å². The zero-order valence-electron chi connectivity index (χ0n) is 15.6. The Bertz CT molecular complexity index is 863. The molecule has 1 aliphatic carbocycles. The molecule has 1 aromatic heterocycles. The highest BCUT2D eigenvalue weighted by Crippen LogP contribution is 2.33. The second kappa shape index (κ2) is 7.98. The van der Waals surface area contributed by atoms with Crippen molar-refractivity contribution in [3.05, 3.63) is 45.9 Å². The molecule has 2 aliphatic rings. The van der Waals surface area contributed by atoms with Crippen molar-refractivity contribution >= 4 is 28.8 Å². The number of aliphatic hydroxyl groups excluding tert-OH is 1. The van der Waals surface area contributed by atoms with Gasteiger partial charge in [-0.3, -0.25) is 9.59 Å². The van der Waals surface area contributed by atoms with Gasteiger partial charge in [-0.05, 0) is 37.5 Å². The number of aliphatic hydroxyl groups is 1. The van der Waals surface area contributed by atoms with Crippen molar-refractivity contribution in [2.45, 2.75) is 38.5 Å². The van der Waals surface area contributed by atoms with Gasteiger partial charge in [0.15, 0.2) is 0 Å². The number of hydrogen-bond acceptors (Lipinski definition) is 6. The lowest BCUT2D eigenvalue weighted by Gasteiger charge is -2.40. The van der Waals surface area contributed by atoms with Crippen molar-refractivity contribution in [1.29, 1.82) is 0 Å². The Hall–Kier alpha value is -2.29. The van der Waals surface area contributed by atoms with Gasteiger partial charge < -0.3 is 20.1 Å². The smallest absolute Gasteiger partial charge is 0.249 e. The van der Waals surface area contributed by atoms with E-state index >= 15 is 0 Å². The number of benzene rings is 1. The van der Waals surface area contributed by atoms with Crippen molar-refractivity contribution in [2.24, 2.45) is 5.92 Å². The van der Waals surface area contributed by atoms with Crippen molar-refractivity contribution in [2.75, 3.05) is 18.5 Å². The van der Waals surface area contributed by atoms with Crippen molar-refractivity contribution in [1.82, 2.24) is 9.88 Å². The van der Waals surface area contributed by atoms with E-state index in [0.29, 0.717) is 6.54 Å². The predicted molar refractivity (Wildman–Crippen MR) is 105 cm³/mol. The zero-order valence-corrected chi connectivity index (χ0v) is 16.4. The van der Waals surface area contributed by atoms with Crippen LogP contribution >= 0.6 is 11.3 Å². The quantitative estimate of drug-likeness (QED) is 0.775. The molecule has 1 aliphatic heterocycles. The monoisotopic (exact) mass is 401 g/mol. The number of hydrogen-bond donors (Lipinski definition) is 2. The Balaban J connectivity index is 1.50. The second-order valence-electron chi connectivity index (χ2n) is 7.25. The van der Waals surface area contributed by atoms with Gasteiger partial charge in [-0.1, -0.05) is 12.1 Å². The molecule has 28 heavy (non-hydrogen) atoms. The van der Waals surface area contributed by atoms with E-state index in [0.717, 1.165) is 34.7 Å². The molecule has 0 spiro atoms. The van der Waals surface area contributed by atoms with Gasteiger partial charge in [-0.15, -0.1) is 11.3 Å². The molecule has 1 saturated carbocycles. The lowest BCUT2D eigenvalue weighted by molar-refractivity contribution is -0.161. The number of thiazole rings is 1. The van der Waals surface area contributed by atoms with Crippen LogP contribution in [0.25, 0.3) is 0 Å². The first-order chi connectivity index (χ1) is 13.6. The van der Waals surface area contributed by atoms with E-state index in [4.69, 9.17) is 4.74 Å². The molecule has 0 unspecified atom stereocenters. The normalized spacial score (nSPS) is 22.4. The van der Waals surface area contributed by atoms with Crippen LogP contribution in [0.2, 0.25) is 0 Å². The molecule has 1 aromatic carbocycles. The highest BCUT2D eigenvalue weighted by Gasteiger charge is 2.37. The SMILES string of the molecule is Cc1ncsc1CN1C(=O)CO[C@H](c2ccc(NC(=O)C3CC3)cc2)[C@H]1CO. The van der Waals surface area contributed by atoms with Gasteiger partial charge in [0, 0.05) is 16.5 Å². The van der Waals surface area contributed by atoms with Crippen LogP contribution in [0.3, 0.4) is 0 Å². The van der Waals surface area contributed by atoms with Gasteiger partial charge >= 0.3 is 0 Å². The van der Waals surface area contributed by atoms with Crippen molar-refractivity contribution < 1.29 is 19.4 Å². The summed E-state index contributed by atoms with van der Waals surface area (Å²) >= 11 is 1.50. The maximum Gasteiger partial charge on any atom is 0.249 e. The summed E-state index contributed by atoms with van der Waals surface area (Å²) in [6.45, 7) is 2.10. The summed E-state index contributed by atoms with van der Waals surface area (Å²) in [4.78, 5) is 31.3. The predicted octanol–water partition coefficient (Wildman–Crippen LogP) is 2.26. The van der Waals surface area contributed by atoms with Gasteiger partial charge in [0.05, 0.1) is 30.4 Å². The zero-order chi connectivity index (χ0) is 19.7. The molecule has 2 aromatic rings. The molecular formula is C20H23N3O4S. The number of carbonyl (C=O) groups is 2. The summed E-state index contributed by atoms with van der Waals surface area (Å²) < 4.78 is 5.78.